The lowest BCUT2D eigenvalue weighted by molar-refractivity contribution is 0.768. The summed E-state index contributed by atoms with van der Waals surface area (Å²) in [7, 11) is 0. The van der Waals surface area contributed by atoms with E-state index in [0.29, 0.717) is 0 Å². The maximum atomic E-state index is 3.33. The highest BCUT2D eigenvalue weighted by molar-refractivity contribution is 7.99. The van der Waals surface area contributed by atoms with Gasteiger partial charge in [-0.1, -0.05) is 24.6 Å². The fourth-order valence-electron chi connectivity index (χ4n) is 1.37. The topological polar surface area (TPSA) is 12.0 Å². The van der Waals surface area contributed by atoms with Crippen molar-refractivity contribution in [2.45, 2.75) is 25.7 Å². The number of aryl methyl sites for hydroxylation is 2. The first kappa shape index (κ1) is 11.6. The summed E-state index contributed by atoms with van der Waals surface area (Å²) in [5.41, 5.74) is 2.74. The molecule has 0 unspecified atom stereocenters. The van der Waals surface area contributed by atoms with Gasteiger partial charge >= 0.3 is 0 Å². The second-order valence-corrected chi connectivity index (χ2v) is 4.61. The van der Waals surface area contributed by atoms with E-state index in [-0.39, 0.29) is 0 Å². The molecule has 0 aromatic heterocycles. The molecule has 0 bridgehead atoms. The van der Waals surface area contributed by atoms with Crippen molar-refractivity contribution in [3.63, 3.8) is 0 Å². The summed E-state index contributed by atoms with van der Waals surface area (Å²) in [6, 6.07) is 6.65. The zero-order valence-electron chi connectivity index (χ0n) is 9.26. The third kappa shape index (κ3) is 3.72. The summed E-state index contributed by atoms with van der Waals surface area (Å²) in [6.45, 7) is 8.62. The van der Waals surface area contributed by atoms with Crippen molar-refractivity contribution in [1.29, 1.82) is 0 Å². The Hall–Kier alpha value is -0.470. The van der Waals surface area contributed by atoms with Crippen molar-refractivity contribution < 1.29 is 0 Å². The summed E-state index contributed by atoms with van der Waals surface area (Å²) >= 11 is 1.93. The van der Waals surface area contributed by atoms with Gasteiger partial charge in [0.05, 0.1) is 0 Å². The third-order valence-corrected chi connectivity index (χ3v) is 3.29. The highest BCUT2D eigenvalue weighted by Crippen LogP contribution is 2.22. The van der Waals surface area contributed by atoms with E-state index in [1.165, 1.54) is 16.0 Å². The van der Waals surface area contributed by atoms with Crippen LogP contribution in [0.2, 0.25) is 0 Å². The normalized spacial score (nSPS) is 10.5. The second-order valence-electron chi connectivity index (χ2n) is 3.47. The van der Waals surface area contributed by atoms with Gasteiger partial charge < -0.3 is 5.32 Å². The number of nitrogens with one attached hydrogen (secondary N) is 1. The van der Waals surface area contributed by atoms with Crippen LogP contribution >= 0.6 is 11.8 Å². The molecule has 1 nitrogen and oxygen atoms in total. The average Bonchev–Trinajstić information content (AvgIpc) is 2.15. The Morgan fingerprint density at radius 1 is 1.29 bits per heavy atom. The third-order valence-electron chi connectivity index (χ3n) is 2.12. The fourth-order valence-corrected chi connectivity index (χ4v) is 2.29. The van der Waals surface area contributed by atoms with Crippen LogP contribution in [0.1, 0.15) is 18.1 Å². The SMILES string of the molecule is CCNCCSc1ccc(C)cc1C. The van der Waals surface area contributed by atoms with E-state index in [4.69, 9.17) is 0 Å². The lowest BCUT2D eigenvalue weighted by atomic mass is 10.2. The van der Waals surface area contributed by atoms with Crippen molar-refractivity contribution in [1.82, 2.24) is 5.32 Å². The largest absolute Gasteiger partial charge is 0.316 e. The predicted molar refractivity (Wildman–Crippen MR) is 65.2 cm³/mol. The van der Waals surface area contributed by atoms with Gasteiger partial charge in [0.1, 0.15) is 0 Å². The number of benzene rings is 1. The van der Waals surface area contributed by atoms with Crippen molar-refractivity contribution in [3.8, 4) is 0 Å². The Bertz CT molecular complexity index is 284. The Kier molecular flexibility index (Phi) is 5.05. The quantitative estimate of drug-likeness (QED) is 0.591. The van der Waals surface area contributed by atoms with E-state index < -0.39 is 0 Å². The predicted octanol–water partition coefficient (Wildman–Crippen LogP) is 3.01. The Morgan fingerprint density at radius 2 is 2.07 bits per heavy atom. The van der Waals surface area contributed by atoms with Crippen LogP contribution in [0.5, 0.6) is 0 Å². The Balaban J connectivity index is 2.42. The van der Waals surface area contributed by atoms with Gasteiger partial charge in [-0.15, -0.1) is 11.8 Å². The van der Waals surface area contributed by atoms with Crippen molar-refractivity contribution in [3.05, 3.63) is 29.3 Å². The first-order valence-corrected chi connectivity index (χ1v) is 6.13. The standard InChI is InChI=1S/C12H19NS/c1-4-13-7-8-14-12-6-5-10(2)9-11(12)3/h5-6,9,13H,4,7-8H2,1-3H3. The van der Waals surface area contributed by atoms with Gasteiger partial charge in [0.15, 0.2) is 0 Å². The van der Waals surface area contributed by atoms with Gasteiger partial charge in [0.25, 0.3) is 0 Å². The molecule has 1 N–H and O–H groups in total. The van der Waals surface area contributed by atoms with Crippen LogP contribution in [0.15, 0.2) is 23.1 Å². The molecule has 2 heteroatoms. The lowest BCUT2D eigenvalue weighted by Crippen LogP contribution is -2.15. The van der Waals surface area contributed by atoms with Crippen LogP contribution in [-0.4, -0.2) is 18.8 Å². The minimum atomic E-state index is 1.06. The van der Waals surface area contributed by atoms with Crippen LogP contribution in [0, 0.1) is 13.8 Å². The molecular weight excluding hydrogens is 190 g/mol. The highest BCUT2D eigenvalue weighted by Gasteiger charge is 1.98. The summed E-state index contributed by atoms with van der Waals surface area (Å²) in [5, 5.41) is 3.33. The first-order chi connectivity index (χ1) is 6.74. The molecule has 0 fully saturated rings. The van der Waals surface area contributed by atoms with Gasteiger partial charge in [-0.3, -0.25) is 0 Å². The molecule has 0 aliphatic carbocycles. The molecule has 0 atom stereocenters. The van der Waals surface area contributed by atoms with E-state index in [0.717, 1.165) is 18.8 Å². The molecule has 0 heterocycles. The summed E-state index contributed by atoms with van der Waals surface area (Å²) in [5.74, 6) is 1.15. The van der Waals surface area contributed by atoms with Gasteiger partial charge in [-0.2, -0.15) is 0 Å². The summed E-state index contributed by atoms with van der Waals surface area (Å²) < 4.78 is 0. The van der Waals surface area contributed by atoms with Crippen LogP contribution in [-0.2, 0) is 0 Å². The molecule has 1 aromatic carbocycles. The highest BCUT2D eigenvalue weighted by atomic mass is 32.2. The number of hydrogen-bond donors (Lipinski definition) is 1. The molecule has 0 saturated heterocycles. The minimum Gasteiger partial charge on any atom is -0.316 e. The van der Waals surface area contributed by atoms with Crippen molar-refractivity contribution >= 4 is 11.8 Å². The molecule has 0 saturated carbocycles. The van der Waals surface area contributed by atoms with Crippen LogP contribution in [0.25, 0.3) is 0 Å². The van der Waals surface area contributed by atoms with Gasteiger partial charge in [-0.25, -0.2) is 0 Å². The maximum Gasteiger partial charge on any atom is 0.0106 e. The Morgan fingerprint density at radius 3 is 2.71 bits per heavy atom. The summed E-state index contributed by atoms with van der Waals surface area (Å²) in [4.78, 5) is 1.41. The van der Waals surface area contributed by atoms with E-state index in [2.05, 4.69) is 44.3 Å². The van der Waals surface area contributed by atoms with Crippen molar-refractivity contribution in [2.75, 3.05) is 18.8 Å². The fraction of sp³-hybridized carbons (Fsp3) is 0.500. The minimum absolute atomic E-state index is 1.06. The Labute approximate surface area is 91.3 Å². The maximum absolute atomic E-state index is 3.33. The molecule has 0 amide bonds. The zero-order chi connectivity index (χ0) is 10.4. The first-order valence-electron chi connectivity index (χ1n) is 5.15. The molecule has 0 spiro atoms. The average molecular weight is 209 g/mol. The number of hydrogen-bond acceptors (Lipinski definition) is 2. The zero-order valence-corrected chi connectivity index (χ0v) is 10.1. The van der Waals surface area contributed by atoms with Crippen LogP contribution in [0.4, 0.5) is 0 Å². The van der Waals surface area contributed by atoms with Crippen LogP contribution < -0.4 is 5.32 Å². The number of thioether (sulfide) groups is 1. The van der Waals surface area contributed by atoms with Gasteiger partial charge in [0, 0.05) is 17.2 Å². The molecule has 78 valence electrons. The second kappa shape index (κ2) is 6.10. The van der Waals surface area contributed by atoms with Crippen LogP contribution in [0.3, 0.4) is 0 Å². The molecular formula is C12H19NS. The summed E-state index contributed by atoms with van der Waals surface area (Å²) in [6.07, 6.45) is 0. The molecule has 0 aliphatic rings. The van der Waals surface area contributed by atoms with E-state index in [1.807, 2.05) is 11.8 Å². The molecule has 0 radical (unpaired) electrons. The molecule has 1 aromatic rings. The van der Waals surface area contributed by atoms with Gasteiger partial charge in [0.2, 0.25) is 0 Å². The molecule has 1 rings (SSSR count). The van der Waals surface area contributed by atoms with Gasteiger partial charge in [-0.05, 0) is 32.0 Å². The monoisotopic (exact) mass is 209 g/mol. The number of rotatable bonds is 5. The van der Waals surface area contributed by atoms with E-state index >= 15 is 0 Å². The van der Waals surface area contributed by atoms with Crippen molar-refractivity contribution in [2.24, 2.45) is 0 Å². The molecule has 0 aliphatic heterocycles. The molecule has 14 heavy (non-hydrogen) atoms. The van der Waals surface area contributed by atoms with E-state index in [1.54, 1.807) is 0 Å². The lowest BCUT2D eigenvalue weighted by Gasteiger charge is -2.06. The smallest absolute Gasteiger partial charge is 0.0106 e. The van der Waals surface area contributed by atoms with E-state index in [9.17, 15) is 0 Å².